The van der Waals surface area contributed by atoms with E-state index >= 15 is 0 Å². The maximum Gasteiger partial charge on any atom is -0.00256 e. The van der Waals surface area contributed by atoms with Gasteiger partial charge in [0.25, 0.3) is 0 Å². The molecule has 0 amide bonds. The molecule has 96 valence electrons. The van der Waals surface area contributed by atoms with Crippen LogP contribution in [0, 0.1) is 0 Å². The minimum Gasteiger partial charge on any atom is -0.0762 e. The molecular weight excluding hydrogens is 228 g/mol. The SMILES string of the molecule is CC(C)=CC(=Cc1ccccc1)Cc1ccccc1. The predicted molar refractivity (Wildman–Crippen MR) is 84.0 cm³/mol. The van der Waals surface area contributed by atoms with Crippen molar-refractivity contribution in [3.63, 3.8) is 0 Å². The van der Waals surface area contributed by atoms with Gasteiger partial charge in [-0.3, -0.25) is 0 Å². The zero-order chi connectivity index (χ0) is 13.5. The van der Waals surface area contributed by atoms with Crippen molar-refractivity contribution in [1.29, 1.82) is 0 Å². The maximum absolute atomic E-state index is 2.26. The van der Waals surface area contributed by atoms with Crippen LogP contribution in [0.3, 0.4) is 0 Å². The van der Waals surface area contributed by atoms with Crippen LogP contribution in [-0.2, 0) is 6.42 Å². The molecule has 0 aromatic heterocycles. The van der Waals surface area contributed by atoms with E-state index in [4.69, 9.17) is 0 Å². The monoisotopic (exact) mass is 248 g/mol. The molecule has 2 aromatic rings. The highest BCUT2D eigenvalue weighted by molar-refractivity contribution is 5.57. The maximum atomic E-state index is 2.26. The van der Waals surface area contributed by atoms with E-state index in [-0.39, 0.29) is 0 Å². The lowest BCUT2D eigenvalue weighted by atomic mass is 10.0. The Morgan fingerprint density at radius 2 is 1.42 bits per heavy atom. The largest absolute Gasteiger partial charge is 0.0762 e. The third kappa shape index (κ3) is 4.59. The lowest BCUT2D eigenvalue weighted by molar-refractivity contribution is 1.19. The van der Waals surface area contributed by atoms with E-state index in [2.05, 4.69) is 86.7 Å². The summed E-state index contributed by atoms with van der Waals surface area (Å²) in [6.07, 6.45) is 5.50. The van der Waals surface area contributed by atoms with Crippen LogP contribution in [0.4, 0.5) is 0 Å². The van der Waals surface area contributed by atoms with Gasteiger partial charge in [-0.25, -0.2) is 0 Å². The molecule has 0 unspecified atom stereocenters. The third-order valence-electron chi connectivity index (χ3n) is 2.88. The van der Waals surface area contributed by atoms with Crippen LogP contribution in [0.1, 0.15) is 25.0 Å². The summed E-state index contributed by atoms with van der Waals surface area (Å²) in [5, 5.41) is 0. The molecule has 0 heteroatoms. The number of allylic oxidation sites excluding steroid dienone is 3. The van der Waals surface area contributed by atoms with Crippen molar-refractivity contribution in [2.45, 2.75) is 20.3 Å². The van der Waals surface area contributed by atoms with Gasteiger partial charge < -0.3 is 0 Å². The molecule has 0 fully saturated rings. The summed E-state index contributed by atoms with van der Waals surface area (Å²) in [5.74, 6) is 0. The fourth-order valence-electron chi connectivity index (χ4n) is 2.11. The van der Waals surface area contributed by atoms with Gasteiger partial charge >= 0.3 is 0 Å². The van der Waals surface area contributed by atoms with Crippen molar-refractivity contribution >= 4 is 6.08 Å². The van der Waals surface area contributed by atoms with E-state index in [1.165, 1.54) is 22.3 Å². The predicted octanol–water partition coefficient (Wildman–Crippen LogP) is 5.28. The van der Waals surface area contributed by atoms with Gasteiger partial charge in [-0.1, -0.05) is 78.4 Å². The molecule has 0 N–H and O–H groups in total. The minimum absolute atomic E-state index is 0.973. The van der Waals surface area contributed by atoms with E-state index in [1.807, 2.05) is 0 Å². The van der Waals surface area contributed by atoms with Crippen molar-refractivity contribution < 1.29 is 0 Å². The van der Waals surface area contributed by atoms with E-state index < -0.39 is 0 Å². The molecule has 0 nitrogen and oxygen atoms in total. The van der Waals surface area contributed by atoms with Crippen molar-refractivity contribution in [2.24, 2.45) is 0 Å². The summed E-state index contributed by atoms with van der Waals surface area (Å²) >= 11 is 0. The third-order valence-corrected chi connectivity index (χ3v) is 2.88. The fraction of sp³-hybridized carbons (Fsp3) is 0.158. The Kier molecular flexibility index (Phi) is 4.74. The number of hydrogen-bond acceptors (Lipinski definition) is 0. The molecule has 19 heavy (non-hydrogen) atoms. The lowest BCUT2D eigenvalue weighted by Crippen LogP contribution is -1.89. The second kappa shape index (κ2) is 6.75. The molecule has 0 heterocycles. The summed E-state index contributed by atoms with van der Waals surface area (Å²) in [7, 11) is 0. The van der Waals surface area contributed by atoms with Gasteiger partial charge in [0.2, 0.25) is 0 Å². The first-order valence-corrected chi connectivity index (χ1v) is 6.68. The van der Waals surface area contributed by atoms with Crippen LogP contribution in [0.25, 0.3) is 6.08 Å². The summed E-state index contributed by atoms with van der Waals surface area (Å²) in [6.45, 7) is 4.29. The number of benzene rings is 2. The second-order valence-corrected chi connectivity index (χ2v) is 5.01. The molecule has 0 radical (unpaired) electrons. The molecule has 0 spiro atoms. The smallest absolute Gasteiger partial charge is 0.00256 e. The highest BCUT2D eigenvalue weighted by Crippen LogP contribution is 2.15. The minimum atomic E-state index is 0.973. The summed E-state index contributed by atoms with van der Waals surface area (Å²) in [4.78, 5) is 0. The Balaban J connectivity index is 2.27. The molecule has 2 rings (SSSR count). The van der Waals surface area contributed by atoms with Crippen LogP contribution < -0.4 is 0 Å². The van der Waals surface area contributed by atoms with E-state index in [9.17, 15) is 0 Å². The first-order valence-electron chi connectivity index (χ1n) is 6.68. The van der Waals surface area contributed by atoms with Crippen LogP contribution in [-0.4, -0.2) is 0 Å². The highest BCUT2D eigenvalue weighted by atomic mass is 14.0. The Bertz CT molecular complexity index is 556. The summed E-state index contributed by atoms with van der Waals surface area (Å²) in [6, 6.07) is 21.1. The molecular formula is C19H20. The molecule has 0 saturated carbocycles. The standard InChI is InChI=1S/C19H20/c1-16(2)13-19(14-17-9-5-3-6-10-17)15-18-11-7-4-8-12-18/h3-14H,15H2,1-2H3. The van der Waals surface area contributed by atoms with Crippen molar-refractivity contribution in [2.75, 3.05) is 0 Å². The van der Waals surface area contributed by atoms with Gasteiger partial charge in [0.05, 0.1) is 0 Å². The zero-order valence-electron chi connectivity index (χ0n) is 11.6. The van der Waals surface area contributed by atoms with Crippen molar-refractivity contribution in [3.05, 3.63) is 89.0 Å². The summed E-state index contributed by atoms with van der Waals surface area (Å²) in [5.41, 5.74) is 5.28. The molecule has 0 aliphatic heterocycles. The van der Waals surface area contributed by atoms with Crippen molar-refractivity contribution in [1.82, 2.24) is 0 Å². The fourth-order valence-corrected chi connectivity index (χ4v) is 2.11. The Morgan fingerprint density at radius 3 is 2.00 bits per heavy atom. The van der Waals surface area contributed by atoms with Gasteiger partial charge in [0, 0.05) is 0 Å². The summed E-state index contributed by atoms with van der Waals surface area (Å²) < 4.78 is 0. The molecule has 2 aromatic carbocycles. The van der Waals surface area contributed by atoms with Gasteiger partial charge in [-0.05, 0) is 37.0 Å². The molecule has 0 aliphatic carbocycles. The van der Waals surface area contributed by atoms with Gasteiger partial charge in [-0.15, -0.1) is 0 Å². The highest BCUT2D eigenvalue weighted by Gasteiger charge is 1.98. The Labute approximate surface area is 116 Å². The topological polar surface area (TPSA) is 0 Å². The van der Waals surface area contributed by atoms with Crippen LogP contribution in [0.5, 0.6) is 0 Å². The van der Waals surface area contributed by atoms with Gasteiger partial charge in [-0.2, -0.15) is 0 Å². The van der Waals surface area contributed by atoms with E-state index in [0.717, 1.165) is 6.42 Å². The molecule has 0 saturated heterocycles. The van der Waals surface area contributed by atoms with Gasteiger partial charge in [0.1, 0.15) is 0 Å². The average Bonchev–Trinajstić information content (AvgIpc) is 2.40. The number of hydrogen-bond donors (Lipinski definition) is 0. The first-order chi connectivity index (χ1) is 9.24. The number of rotatable bonds is 4. The van der Waals surface area contributed by atoms with Crippen LogP contribution >= 0.6 is 0 Å². The first kappa shape index (κ1) is 13.4. The van der Waals surface area contributed by atoms with Crippen LogP contribution in [0.15, 0.2) is 77.9 Å². The van der Waals surface area contributed by atoms with Crippen molar-refractivity contribution in [3.8, 4) is 0 Å². The Hall–Kier alpha value is -2.08. The molecule has 0 atom stereocenters. The lowest BCUT2D eigenvalue weighted by Gasteiger charge is -2.05. The van der Waals surface area contributed by atoms with Crippen LogP contribution in [0.2, 0.25) is 0 Å². The molecule has 0 aliphatic rings. The normalized spacial score (nSPS) is 11.2. The average molecular weight is 248 g/mol. The zero-order valence-corrected chi connectivity index (χ0v) is 11.6. The Morgan fingerprint density at radius 1 is 0.842 bits per heavy atom. The van der Waals surface area contributed by atoms with Gasteiger partial charge in [0.15, 0.2) is 0 Å². The van der Waals surface area contributed by atoms with E-state index in [0.29, 0.717) is 0 Å². The molecule has 0 bridgehead atoms. The quantitative estimate of drug-likeness (QED) is 0.646. The van der Waals surface area contributed by atoms with E-state index in [1.54, 1.807) is 0 Å². The second-order valence-electron chi connectivity index (χ2n) is 5.01.